The van der Waals surface area contributed by atoms with E-state index in [0.29, 0.717) is 25.8 Å². The smallest absolute Gasteiger partial charge is 0.243 e. The summed E-state index contributed by atoms with van der Waals surface area (Å²) in [5, 5.41) is 19.9. The molecule has 0 saturated heterocycles. The van der Waals surface area contributed by atoms with Gasteiger partial charge in [0, 0.05) is 19.4 Å². The van der Waals surface area contributed by atoms with Gasteiger partial charge in [-0.2, -0.15) is 0 Å². The molecule has 0 aromatic heterocycles. The van der Waals surface area contributed by atoms with E-state index in [2.05, 4.69) is 16.0 Å². The molecule has 0 saturated carbocycles. The Kier molecular flexibility index (Phi) is 13.8. The summed E-state index contributed by atoms with van der Waals surface area (Å²) in [5.41, 5.74) is 3.28. The van der Waals surface area contributed by atoms with Crippen molar-refractivity contribution in [2.24, 2.45) is 5.92 Å². The van der Waals surface area contributed by atoms with Gasteiger partial charge < -0.3 is 21.1 Å². The minimum Gasteiger partial charge on any atom is -0.391 e. The zero-order valence-corrected chi connectivity index (χ0v) is 24.8. The van der Waals surface area contributed by atoms with Crippen LogP contribution < -0.4 is 16.0 Å². The highest BCUT2D eigenvalue weighted by molar-refractivity contribution is 5.88. The third-order valence-electron chi connectivity index (χ3n) is 7.31. The SMILES string of the molecule is CC(C)C(NC(=O)CCCc1ccccc1)C(=O)N[C@@H](Cc1ccccc1)[C@@H](O)CCC(=O)NCCc1ccccc1. The molecule has 7 nitrogen and oxygen atoms in total. The molecule has 0 radical (unpaired) electrons. The number of carbonyl (C=O) groups is 3. The molecule has 3 aromatic carbocycles. The molecule has 3 atom stereocenters. The molecule has 7 heteroatoms. The molecule has 1 unspecified atom stereocenters. The Labute approximate surface area is 250 Å². The van der Waals surface area contributed by atoms with Gasteiger partial charge in [-0.25, -0.2) is 0 Å². The van der Waals surface area contributed by atoms with Crippen LogP contribution in [0.15, 0.2) is 91.0 Å². The quantitative estimate of drug-likeness (QED) is 0.193. The standard InChI is InChI=1S/C35H45N3O4/c1-26(2)34(38-33(41)20-12-19-27-13-6-3-7-14-27)35(42)37-30(25-29-17-10-5-11-18-29)31(39)21-22-32(40)36-24-23-28-15-8-4-9-16-28/h3-11,13-18,26,30-31,34,39H,12,19-25H2,1-2H3,(H,36,40)(H,37,42)(H,38,41)/t30-,31-,34?/m0/s1. The van der Waals surface area contributed by atoms with Gasteiger partial charge in [-0.15, -0.1) is 0 Å². The van der Waals surface area contributed by atoms with Crippen molar-refractivity contribution in [1.82, 2.24) is 16.0 Å². The van der Waals surface area contributed by atoms with Crippen molar-refractivity contribution in [1.29, 1.82) is 0 Å². The van der Waals surface area contributed by atoms with Crippen LogP contribution in [0.4, 0.5) is 0 Å². The van der Waals surface area contributed by atoms with Gasteiger partial charge in [0.05, 0.1) is 12.1 Å². The van der Waals surface area contributed by atoms with Crippen LogP contribution in [0.1, 0.15) is 56.2 Å². The minimum absolute atomic E-state index is 0.141. The normalized spacial score (nSPS) is 13.1. The van der Waals surface area contributed by atoms with Crippen LogP contribution in [0.2, 0.25) is 0 Å². The molecule has 0 spiro atoms. The molecule has 0 fully saturated rings. The third kappa shape index (κ3) is 11.9. The summed E-state index contributed by atoms with van der Waals surface area (Å²) in [4.78, 5) is 38.6. The van der Waals surface area contributed by atoms with Crippen LogP contribution in [-0.2, 0) is 33.6 Å². The summed E-state index contributed by atoms with van der Waals surface area (Å²) in [6.45, 7) is 4.29. The molecule has 3 rings (SSSR count). The number of carbonyl (C=O) groups excluding carboxylic acids is 3. The number of aliphatic hydroxyl groups is 1. The van der Waals surface area contributed by atoms with Crippen LogP contribution in [0, 0.1) is 5.92 Å². The highest BCUT2D eigenvalue weighted by atomic mass is 16.3. The summed E-state index contributed by atoms with van der Waals surface area (Å²) in [6, 6.07) is 28.2. The van der Waals surface area contributed by atoms with E-state index < -0.39 is 18.2 Å². The fraction of sp³-hybridized carbons (Fsp3) is 0.400. The summed E-state index contributed by atoms with van der Waals surface area (Å²) in [5.74, 6) is -0.800. The first-order valence-electron chi connectivity index (χ1n) is 15.0. The van der Waals surface area contributed by atoms with E-state index in [9.17, 15) is 19.5 Å². The van der Waals surface area contributed by atoms with Crippen LogP contribution in [0.5, 0.6) is 0 Å². The zero-order valence-electron chi connectivity index (χ0n) is 24.8. The van der Waals surface area contributed by atoms with Crippen molar-refractivity contribution in [2.75, 3.05) is 6.54 Å². The molecule has 3 aromatic rings. The van der Waals surface area contributed by atoms with Gasteiger partial charge in [0.15, 0.2) is 0 Å². The Hall–Kier alpha value is -3.97. The van der Waals surface area contributed by atoms with Crippen LogP contribution in [0.3, 0.4) is 0 Å². The maximum atomic E-state index is 13.4. The highest BCUT2D eigenvalue weighted by Gasteiger charge is 2.29. The summed E-state index contributed by atoms with van der Waals surface area (Å²) < 4.78 is 0. The maximum Gasteiger partial charge on any atom is 0.243 e. The van der Waals surface area contributed by atoms with Crippen molar-refractivity contribution >= 4 is 17.7 Å². The van der Waals surface area contributed by atoms with Gasteiger partial charge >= 0.3 is 0 Å². The molecule has 0 heterocycles. The molecule has 0 aliphatic heterocycles. The average molecular weight is 572 g/mol. The lowest BCUT2D eigenvalue weighted by Gasteiger charge is -2.28. The first kappa shape index (κ1) is 32.5. The van der Waals surface area contributed by atoms with E-state index in [0.717, 1.165) is 24.0 Å². The van der Waals surface area contributed by atoms with Gasteiger partial charge in [0.25, 0.3) is 0 Å². The van der Waals surface area contributed by atoms with E-state index in [4.69, 9.17) is 0 Å². The van der Waals surface area contributed by atoms with Gasteiger partial charge in [0.1, 0.15) is 6.04 Å². The third-order valence-corrected chi connectivity index (χ3v) is 7.31. The molecule has 3 amide bonds. The van der Waals surface area contributed by atoms with Gasteiger partial charge in [-0.05, 0) is 54.7 Å². The van der Waals surface area contributed by atoms with Crippen molar-refractivity contribution in [3.8, 4) is 0 Å². The molecule has 0 aliphatic carbocycles. The van der Waals surface area contributed by atoms with E-state index in [1.807, 2.05) is 105 Å². The Morgan fingerprint density at radius 3 is 1.81 bits per heavy atom. The highest BCUT2D eigenvalue weighted by Crippen LogP contribution is 2.13. The van der Waals surface area contributed by atoms with Gasteiger partial charge in [0.2, 0.25) is 17.7 Å². The Morgan fingerprint density at radius 2 is 1.24 bits per heavy atom. The van der Waals surface area contributed by atoms with Crippen molar-refractivity contribution in [2.45, 2.75) is 77.0 Å². The van der Waals surface area contributed by atoms with Crippen LogP contribution in [-0.4, -0.2) is 47.6 Å². The molecule has 4 N–H and O–H groups in total. The second-order valence-corrected chi connectivity index (χ2v) is 11.1. The monoisotopic (exact) mass is 571 g/mol. The zero-order chi connectivity index (χ0) is 30.2. The minimum atomic E-state index is -0.941. The molecule has 42 heavy (non-hydrogen) atoms. The average Bonchev–Trinajstić information content (AvgIpc) is 2.99. The van der Waals surface area contributed by atoms with E-state index in [-0.39, 0.29) is 36.5 Å². The number of aryl methyl sites for hydroxylation is 1. The maximum absolute atomic E-state index is 13.4. The number of hydrogen-bond donors (Lipinski definition) is 4. The molecular weight excluding hydrogens is 526 g/mol. The second kappa shape index (κ2) is 17.8. The largest absolute Gasteiger partial charge is 0.391 e. The number of aliphatic hydroxyl groups excluding tert-OH is 1. The Balaban J connectivity index is 1.54. The Bertz CT molecular complexity index is 1220. The number of amides is 3. The first-order valence-corrected chi connectivity index (χ1v) is 15.0. The molecule has 0 aliphatic rings. The molecular formula is C35H45N3O4. The fourth-order valence-corrected chi connectivity index (χ4v) is 4.86. The lowest BCUT2D eigenvalue weighted by atomic mass is 9.96. The van der Waals surface area contributed by atoms with Crippen molar-refractivity contribution < 1.29 is 19.5 Å². The van der Waals surface area contributed by atoms with E-state index >= 15 is 0 Å². The van der Waals surface area contributed by atoms with Crippen LogP contribution in [0.25, 0.3) is 0 Å². The number of benzene rings is 3. The van der Waals surface area contributed by atoms with Crippen LogP contribution >= 0.6 is 0 Å². The molecule has 224 valence electrons. The first-order chi connectivity index (χ1) is 20.3. The summed E-state index contributed by atoms with van der Waals surface area (Å²) in [6.07, 6.45) is 2.33. The summed E-state index contributed by atoms with van der Waals surface area (Å²) >= 11 is 0. The predicted octanol–water partition coefficient (Wildman–Crippen LogP) is 4.38. The predicted molar refractivity (Wildman–Crippen MR) is 167 cm³/mol. The number of nitrogens with one attached hydrogen (secondary N) is 3. The second-order valence-electron chi connectivity index (χ2n) is 11.1. The van der Waals surface area contributed by atoms with Crippen molar-refractivity contribution in [3.05, 3.63) is 108 Å². The van der Waals surface area contributed by atoms with Gasteiger partial charge in [-0.3, -0.25) is 14.4 Å². The topological polar surface area (TPSA) is 108 Å². The van der Waals surface area contributed by atoms with Crippen molar-refractivity contribution in [3.63, 3.8) is 0 Å². The lowest BCUT2D eigenvalue weighted by Crippen LogP contribution is -2.55. The Morgan fingerprint density at radius 1 is 0.690 bits per heavy atom. The summed E-state index contributed by atoms with van der Waals surface area (Å²) in [7, 11) is 0. The van der Waals surface area contributed by atoms with E-state index in [1.165, 1.54) is 5.56 Å². The van der Waals surface area contributed by atoms with Gasteiger partial charge in [-0.1, -0.05) is 105 Å². The number of hydrogen-bond acceptors (Lipinski definition) is 4. The fourth-order valence-electron chi connectivity index (χ4n) is 4.86. The number of rotatable bonds is 17. The lowest BCUT2D eigenvalue weighted by molar-refractivity contribution is -0.131. The molecule has 0 bridgehead atoms. The van der Waals surface area contributed by atoms with E-state index in [1.54, 1.807) is 0 Å².